The van der Waals surface area contributed by atoms with Crippen molar-refractivity contribution >= 4 is 22.1 Å². The van der Waals surface area contributed by atoms with E-state index in [2.05, 4.69) is 52.0 Å². The number of benzene rings is 3. The third-order valence-electron chi connectivity index (χ3n) is 5.72. The van der Waals surface area contributed by atoms with Crippen LogP contribution in [0.25, 0.3) is 44.6 Å². The van der Waals surface area contributed by atoms with Crippen LogP contribution in [0, 0.1) is 0 Å². The van der Waals surface area contributed by atoms with Crippen LogP contribution in [0.5, 0.6) is 0 Å². The van der Waals surface area contributed by atoms with E-state index >= 15 is 0 Å². The van der Waals surface area contributed by atoms with Gasteiger partial charge in [-0.15, -0.1) is 0 Å². The van der Waals surface area contributed by atoms with Gasteiger partial charge in [0.2, 0.25) is 0 Å². The van der Waals surface area contributed by atoms with Crippen LogP contribution in [0.15, 0.2) is 72.8 Å². The van der Waals surface area contributed by atoms with Crippen molar-refractivity contribution in [2.24, 2.45) is 0 Å². The Morgan fingerprint density at radius 3 is 1.06 bits per heavy atom. The summed E-state index contributed by atoms with van der Waals surface area (Å²) in [5.41, 5.74) is 9.75. The highest BCUT2D eigenvalue weighted by atomic mass is 14.8. The summed E-state index contributed by atoms with van der Waals surface area (Å²) in [6.07, 6.45) is 0. The van der Waals surface area contributed by atoms with E-state index in [1.54, 1.807) is 0 Å². The molecule has 5 rings (SSSR count). The van der Waals surface area contributed by atoms with Gasteiger partial charge in [0.15, 0.2) is 0 Å². The third-order valence-corrected chi connectivity index (χ3v) is 5.72. The van der Waals surface area contributed by atoms with Crippen molar-refractivity contribution in [2.45, 2.75) is 39.5 Å². The Hall–Kier alpha value is -3.66. The van der Waals surface area contributed by atoms with Crippen LogP contribution in [0.4, 0.5) is 0 Å². The number of para-hydroxylation sites is 4. The highest BCUT2D eigenvalue weighted by molar-refractivity contribution is 5.81. The van der Waals surface area contributed by atoms with Gasteiger partial charge >= 0.3 is 0 Å². The minimum atomic E-state index is 0.278. The van der Waals surface area contributed by atoms with Gasteiger partial charge in [-0.25, -0.2) is 19.9 Å². The first-order valence-electron chi connectivity index (χ1n) is 11.2. The lowest BCUT2D eigenvalue weighted by atomic mass is 9.98. The number of aromatic nitrogens is 4. The number of rotatable bonds is 4. The van der Waals surface area contributed by atoms with Gasteiger partial charge in [0, 0.05) is 11.1 Å². The van der Waals surface area contributed by atoms with Crippen molar-refractivity contribution in [3.05, 3.63) is 84.2 Å². The molecule has 4 nitrogen and oxygen atoms in total. The van der Waals surface area contributed by atoms with Crippen molar-refractivity contribution in [2.75, 3.05) is 0 Å². The van der Waals surface area contributed by atoms with Gasteiger partial charge in [0.1, 0.15) is 0 Å². The van der Waals surface area contributed by atoms with Crippen LogP contribution in [0.2, 0.25) is 0 Å². The first-order chi connectivity index (χ1) is 15.5. The van der Waals surface area contributed by atoms with E-state index < -0.39 is 0 Å². The Labute approximate surface area is 188 Å². The Kier molecular flexibility index (Phi) is 5.14. The second-order valence-electron chi connectivity index (χ2n) is 8.78. The van der Waals surface area contributed by atoms with Gasteiger partial charge in [0.05, 0.1) is 44.8 Å². The van der Waals surface area contributed by atoms with Gasteiger partial charge in [-0.3, -0.25) is 0 Å². The molecule has 0 atom stereocenters. The van der Waals surface area contributed by atoms with E-state index in [-0.39, 0.29) is 11.8 Å². The van der Waals surface area contributed by atoms with Crippen LogP contribution < -0.4 is 0 Å². The topological polar surface area (TPSA) is 51.6 Å². The number of hydrogen-bond acceptors (Lipinski definition) is 4. The predicted octanol–water partition coefficient (Wildman–Crippen LogP) is 7.15. The lowest BCUT2D eigenvalue weighted by molar-refractivity contribution is 0.825. The quantitative estimate of drug-likeness (QED) is 0.311. The molecular weight excluding hydrogens is 392 g/mol. The van der Waals surface area contributed by atoms with Crippen LogP contribution in [0.1, 0.15) is 50.9 Å². The molecule has 0 unspecified atom stereocenters. The summed E-state index contributed by atoms with van der Waals surface area (Å²) in [6, 6.07) is 24.6. The van der Waals surface area contributed by atoms with Gasteiger partial charge in [-0.05, 0) is 36.1 Å². The first-order valence-corrected chi connectivity index (χ1v) is 11.2. The maximum absolute atomic E-state index is 4.97. The molecule has 158 valence electrons. The Balaban J connectivity index is 1.63. The highest BCUT2D eigenvalue weighted by Crippen LogP contribution is 2.32. The molecule has 3 aromatic carbocycles. The molecule has 0 saturated heterocycles. The molecule has 0 N–H and O–H groups in total. The second kappa shape index (κ2) is 8.12. The minimum absolute atomic E-state index is 0.278. The lowest BCUT2D eigenvalue weighted by Gasteiger charge is -2.15. The average Bonchev–Trinajstić information content (AvgIpc) is 2.82. The largest absolute Gasteiger partial charge is 0.249 e. The molecule has 0 spiro atoms. The van der Waals surface area contributed by atoms with Crippen LogP contribution >= 0.6 is 0 Å². The molecule has 0 radical (unpaired) electrons. The van der Waals surface area contributed by atoms with Crippen LogP contribution in [-0.2, 0) is 0 Å². The van der Waals surface area contributed by atoms with Gasteiger partial charge < -0.3 is 0 Å². The Morgan fingerprint density at radius 2 is 0.750 bits per heavy atom. The fourth-order valence-electron chi connectivity index (χ4n) is 4.04. The summed E-state index contributed by atoms with van der Waals surface area (Å²) in [4.78, 5) is 19.8. The summed E-state index contributed by atoms with van der Waals surface area (Å²) in [5.74, 6) is 0.557. The summed E-state index contributed by atoms with van der Waals surface area (Å²) < 4.78 is 0. The molecule has 4 heteroatoms. The Bertz CT molecular complexity index is 1310. The normalized spacial score (nSPS) is 11.7. The first kappa shape index (κ1) is 20.3. The maximum atomic E-state index is 4.97. The van der Waals surface area contributed by atoms with Crippen molar-refractivity contribution < 1.29 is 0 Å². The van der Waals surface area contributed by atoms with Crippen molar-refractivity contribution in [3.63, 3.8) is 0 Å². The highest BCUT2D eigenvalue weighted by Gasteiger charge is 2.17. The summed E-state index contributed by atoms with van der Waals surface area (Å²) >= 11 is 0. The summed E-state index contributed by atoms with van der Waals surface area (Å²) in [5, 5.41) is 0. The fraction of sp³-hybridized carbons (Fsp3) is 0.214. The molecule has 0 bridgehead atoms. The zero-order chi connectivity index (χ0) is 22.2. The van der Waals surface area contributed by atoms with E-state index in [0.717, 1.165) is 56.0 Å². The van der Waals surface area contributed by atoms with Gasteiger partial charge in [-0.1, -0.05) is 76.2 Å². The second-order valence-corrected chi connectivity index (χ2v) is 8.78. The van der Waals surface area contributed by atoms with E-state index in [4.69, 9.17) is 19.9 Å². The van der Waals surface area contributed by atoms with E-state index in [9.17, 15) is 0 Å². The summed E-state index contributed by atoms with van der Waals surface area (Å²) in [7, 11) is 0. The SMILES string of the molecule is CC(C)c1nc2ccccc2nc1-c1ccc(-c2nc3ccccc3nc2C(C)C)cc1. The van der Waals surface area contributed by atoms with Crippen molar-refractivity contribution in [1.82, 2.24) is 19.9 Å². The minimum Gasteiger partial charge on any atom is -0.249 e. The van der Waals surface area contributed by atoms with Gasteiger partial charge in [0.25, 0.3) is 0 Å². The molecule has 0 aliphatic rings. The zero-order valence-electron chi connectivity index (χ0n) is 18.9. The third kappa shape index (κ3) is 3.62. The summed E-state index contributed by atoms with van der Waals surface area (Å²) in [6.45, 7) is 8.65. The maximum Gasteiger partial charge on any atom is 0.0927 e. The molecule has 5 aromatic rings. The Morgan fingerprint density at radius 1 is 0.438 bits per heavy atom. The average molecular weight is 419 g/mol. The van der Waals surface area contributed by atoms with Crippen molar-refractivity contribution in [1.29, 1.82) is 0 Å². The standard InChI is InChI=1S/C28H26N4/c1-17(2)25-27(31-23-11-7-5-9-21(23)29-25)19-13-15-20(16-14-19)28-26(18(3)4)30-22-10-6-8-12-24(22)32-28/h5-18H,1-4H3. The smallest absolute Gasteiger partial charge is 0.0927 e. The van der Waals surface area contributed by atoms with Gasteiger partial charge in [-0.2, -0.15) is 0 Å². The lowest BCUT2D eigenvalue weighted by Crippen LogP contribution is -2.02. The molecule has 2 heterocycles. The van der Waals surface area contributed by atoms with Crippen molar-refractivity contribution in [3.8, 4) is 22.5 Å². The van der Waals surface area contributed by atoms with E-state index in [1.807, 2.05) is 48.5 Å². The molecule has 0 aliphatic heterocycles. The number of fused-ring (bicyclic) bond motifs is 2. The molecule has 2 aromatic heterocycles. The van der Waals surface area contributed by atoms with Crippen LogP contribution in [0.3, 0.4) is 0 Å². The molecule has 0 saturated carbocycles. The molecule has 0 aliphatic carbocycles. The molecule has 32 heavy (non-hydrogen) atoms. The zero-order valence-corrected chi connectivity index (χ0v) is 18.9. The van der Waals surface area contributed by atoms with E-state index in [1.165, 1.54) is 0 Å². The molecular formula is C28H26N4. The molecule has 0 amide bonds. The monoisotopic (exact) mass is 418 g/mol. The van der Waals surface area contributed by atoms with Crippen LogP contribution in [-0.4, -0.2) is 19.9 Å². The van der Waals surface area contributed by atoms with E-state index in [0.29, 0.717) is 0 Å². The number of nitrogens with zero attached hydrogens (tertiary/aromatic N) is 4. The number of hydrogen-bond donors (Lipinski definition) is 0. The fourth-order valence-corrected chi connectivity index (χ4v) is 4.04. The molecule has 0 fully saturated rings. The predicted molar refractivity (Wildman–Crippen MR) is 132 cm³/mol.